The second kappa shape index (κ2) is 10.3. The number of nitrogens with zero attached hydrogens (tertiary/aromatic N) is 1. The average Bonchev–Trinajstić information content (AvgIpc) is 2.69. The van der Waals surface area contributed by atoms with Crippen LogP contribution >= 0.6 is 12.4 Å². The Balaban J connectivity index is 0.00000261. The molecular formula is C22H30ClN3O. The van der Waals surface area contributed by atoms with Gasteiger partial charge in [0.05, 0.1) is 0 Å². The van der Waals surface area contributed by atoms with E-state index in [2.05, 4.69) is 41.4 Å². The van der Waals surface area contributed by atoms with Gasteiger partial charge in [0.25, 0.3) is 5.91 Å². The molecule has 1 amide bonds. The molecule has 0 aromatic heterocycles. The first-order valence-electron chi connectivity index (χ1n) is 9.61. The number of hydrogen-bond acceptors (Lipinski definition) is 3. The van der Waals surface area contributed by atoms with Crippen LogP contribution < -0.4 is 16.0 Å². The minimum absolute atomic E-state index is 0. The number of hydrogen-bond donors (Lipinski definition) is 2. The molecule has 3 N–H and O–H groups in total. The SMILES string of the molecule is CCN(Cc1ccccc1)c1ccc(C(=O)NC2CCC(N)CC2)cc1.Cl. The Labute approximate surface area is 168 Å². The maximum Gasteiger partial charge on any atom is 0.251 e. The van der Waals surface area contributed by atoms with Gasteiger partial charge in [0, 0.05) is 36.4 Å². The highest BCUT2D eigenvalue weighted by Gasteiger charge is 2.20. The fraction of sp³-hybridized carbons (Fsp3) is 0.409. The van der Waals surface area contributed by atoms with Gasteiger partial charge in [0.15, 0.2) is 0 Å². The zero-order chi connectivity index (χ0) is 18.4. The minimum Gasteiger partial charge on any atom is -0.367 e. The van der Waals surface area contributed by atoms with Crippen molar-refractivity contribution in [3.05, 3.63) is 65.7 Å². The van der Waals surface area contributed by atoms with E-state index in [0.29, 0.717) is 6.04 Å². The lowest BCUT2D eigenvalue weighted by Crippen LogP contribution is -2.40. The lowest BCUT2D eigenvalue weighted by atomic mass is 9.91. The molecule has 2 aromatic carbocycles. The highest BCUT2D eigenvalue weighted by molar-refractivity contribution is 5.94. The molecule has 0 heterocycles. The van der Waals surface area contributed by atoms with Gasteiger partial charge < -0.3 is 16.0 Å². The van der Waals surface area contributed by atoms with E-state index in [0.717, 1.165) is 50.0 Å². The molecule has 0 radical (unpaired) electrons. The maximum atomic E-state index is 12.5. The number of rotatable bonds is 6. The predicted octanol–water partition coefficient (Wildman–Crippen LogP) is 4.13. The number of carbonyl (C=O) groups is 1. The normalized spacial score (nSPS) is 19.0. The van der Waals surface area contributed by atoms with Crippen LogP contribution in [-0.4, -0.2) is 24.5 Å². The van der Waals surface area contributed by atoms with Crippen LogP contribution in [0.2, 0.25) is 0 Å². The smallest absolute Gasteiger partial charge is 0.251 e. The van der Waals surface area contributed by atoms with E-state index in [1.807, 2.05) is 30.3 Å². The number of amides is 1. The van der Waals surface area contributed by atoms with Gasteiger partial charge in [0.1, 0.15) is 0 Å². The summed E-state index contributed by atoms with van der Waals surface area (Å²) in [5, 5.41) is 3.15. The number of benzene rings is 2. The average molecular weight is 388 g/mol. The van der Waals surface area contributed by atoms with Crippen LogP contribution in [0.1, 0.15) is 48.5 Å². The first kappa shape index (κ1) is 21.3. The molecule has 0 bridgehead atoms. The summed E-state index contributed by atoms with van der Waals surface area (Å²) >= 11 is 0. The molecule has 3 rings (SSSR count). The van der Waals surface area contributed by atoms with Crippen LogP contribution in [0.3, 0.4) is 0 Å². The first-order chi connectivity index (χ1) is 12.7. The molecule has 0 aliphatic heterocycles. The van der Waals surface area contributed by atoms with Gasteiger partial charge in [-0.05, 0) is 62.4 Å². The first-order valence-corrected chi connectivity index (χ1v) is 9.61. The molecular weight excluding hydrogens is 358 g/mol. The summed E-state index contributed by atoms with van der Waals surface area (Å²) < 4.78 is 0. The lowest BCUT2D eigenvalue weighted by molar-refractivity contribution is 0.0926. The fourth-order valence-corrected chi connectivity index (χ4v) is 3.55. The Kier molecular flexibility index (Phi) is 8.14. The summed E-state index contributed by atoms with van der Waals surface area (Å²) in [6.07, 6.45) is 3.95. The fourth-order valence-electron chi connectivity index (χ4n) is 3.55. The molecule has 2 aromatic rings. The Hall–Kier alpha value is -2.04. The zero-order valence-electron chi connectivity index (χ0n) is 15.9. The number of nitrogens with two attached hydrogens (primary N) is 1. The van der Waals surface area contributed by atoms with Gasteiger partial charge in [0.2, 0.25) is 0 Å². The number of nitrogens with one attached hydrogen (secondary N) is 1. The van der Waals surface area contributed by atoms with Gasteiger partial charge in [-0.2, -0.15) is 0 Å². The molecule has 0 unspecified atom stereocenters. The molecule has 5 heteroatoms. The van der Waals surface area contributed by atoms with Crippen molar-refractivity contribution in [2.24, 2.45) is 5.73 Å². The van der Waals surface area contributed by atoms with Gasteiger partial charge in [-0.15, -0.1) is 12.4 Å². The van der Waals surface area contributed by atoms with Gasteiger partial charge >= 0.3 is 0 Å². The van der Waals surface area contributed by atoms with Crippen LogP contribution in [0.25, 0.3) is 0 Å². The lowest BCUT2D eigenvalue weighted by Gasteiger charge is -2.27. The van der Waals surface area contributed by atoms with Gasteiger partial charge in [-0.25, -0.2) is 0 Å². The summed E-state index contributed by atoms with van der Waals surface area (Å²) in [5.74, 6) is 0.0168. The largest absolute Gasteiger partial charge is 0.367 e. The van der Waals surface area contributed by atoms with Crippen molar-refractivity contribution >= 4 is 24.0 Å². The summed E-state index contributed by atoms with van der Waals surface area (Å²) in [4.78, 5) is 14.8. The second-order valence-corrected chi connectivity index (χ2v) is 7.13. The Bertz CT molecular complexity index is 697. The van der Waals surface area contributed by atoms with Gasteiger partial charge in [-0.1, -0.05) is 30.3 Å². The minimum atomic E-state index is 0. The quantitative estimate of drug-likeness (QED) is 0.783. The number of halogens is 1. The summed E-state index contributed by atoms with van der Waals surface area (Å²) in [6, 6.07) is 18.9. The summed E-state index contributed by atoms with van der Waals surface area (Å²) in [5.41, 5.74) is 9.08. The van der Waals surface area contributed by atoms with Crippen LogP contribution in [0.4, 0.5) is 5.69 Å². The molecule has 1 aliphatic rings. The van der Waals surface area contributed by atoms with Crippen LogP contribution in [0, 0.1) is 0 Å². The molecule has 1 saturated carbocycles. The molecule has 0 atom stereocenters. The number of anilines is 1. The van der Waals surface area contributed by atoms with E-state index in [1.165, 1.54) is 5.56 Å². The predicted molar refractivity (Wildman–Crippen MR) is 115 cm³/mol. The third kappa shape index (κ3) is 5.98. The molecule has 0 saturated heterocycles. The van der Waals surface area contributed by atoms with Gasteiger partial charge in [-0.3, -0.25) is 4.79 Å². The molecule has 1 aliphatic carbocycles. The monoisotopic (exact) mass is 387 g/mol. The molecule has 27 heavy (non-hydrogen) atoms. The van der Waals surface area contributed by atoms with Crippen molar-refractivity contribution in [2.75, 3.05) is 11.4 Å². The Morgan fingerprint density at radius 1 is 1.04 bits per heavy atom. The van der Waals surface area contributed by atoms with Crippen LogP contribution in [-0.2, 0) is 6.54 Å². The van der Waals surface area contributed by atoms with Crippen molar-refractivity contribution in [3.8, 4) is 0 Å². The second-order valence-electron chi connectivity index (χ2n) is 7.13. The van der Waals surface area contributed by atoms with Crippen molar-refractivity contribution in [2.45, 2.75) is 51.2 Å². The van der Waals surface area contributed by atoms with E-state index in [9.17, 15) is 4.79 Å². The van der Waals surface area contributed by atoms with Crippen LogP contribution in [0.5, 0.6) is 0 Å². The Morgan fingerprint density at radius 2 is 1.67 bits per heavy atom. The zero-order valence-corrected chi connectivity index (χ0v) is 16.8. The maximum absolute atomic E-state index is 12.5. The van der Waals surface area contributed by atoms with Crippen molar-refractivity contribution in [1.82, 2.24) is 5.32 Å². The number of carbonyl (C=O) groups excluding carboxylic acids is 1. The van der Waals surface area contributed by atoms with Crippen molar-refractivity contribution in [1.29, 1.82) is 0 Å². The molecule has 0 spiro atoms. The Morgan fingerprint density at radius 3 is 2.26 bits per heavy atom. The standard InChI is InChI=1S/C22H29N3O.ClH/c1-2-25(16-17-6-4-3-5-7-17)21-14-8-18(9-15-21)22(26)24-20-12-10-19(23)11-13-20;/h3-9,14-15,19-20H,2,10-13,16,23H2,1H3,(H,24,26);1H. The van der Waals surface area contributed by atoms with E-state index in [1.54, 1.807) is 0 Å². The highest BCUT2D eigenvalue weighted by Crippen LogP contribution is 2.20. The highest BCUT2D eigenvalue weighted by atomic mass is 35.5. The molecule has 146 valence electrons. The van der Waals surface area contributed by atoms with E-state index >= 15 is 0 Å². The summed E-state index contributed by atoms with van der Waals surface area (Å²) in [7, 11) is 0. The third-order valence-corrected chi connectivity index (χ3v) is 5.20. The topological polar surface area (TPSA) is 58.4 Å². The molecule has 4 nitrogen and oxygen atoms in total. The molecule has 1 fully saturated rings. The van der Waals surface area contributed by atoms with E-state index in [-0.39, 0.29) is 24.4 Å². The third-order valence-electron chi connectivity index (χ3n) is 5.20. The van der Waals surface area contributed by atoms with Crippen LogP contribution in [0.15, 0.2) is 54.6 Å². The van der Waals surface area contributed by atoms with E-state index in [4.69, 9.17) is 5.73 Å². The van der Waals surface area contributed by atoms with E-state index < -0.39 is 0 Å². The van der Waals surface area contributed by atoms with Crippen molar-refractivity contribution in [3.63, 3.8) is 0 Å². The summed E-state index contributed by atoms with van der Waals surface area (Å²) in [6.45, 7) is 3.94. The van der Waals surface area contributed by atoms with Crippen molar-refractivity contribution < 1.29 is 4.79 Å².